The Labute approximate surface area is 106 Å². The number of aliphatic hydroxyl groups excluding tert-OH is 2. The lowest BCUT2D eigenvalue weighted by Gasteiger charge is -2.03. The Morgan fingerprint density at radius 3 is 2.39 bits per heavy atom. The number of allylic oxidation sites excluding steroid dienone is 1. The average molecular weight is 248 g/mol. The second-order valence-corrected chi connectivity index (χ2v) is 4.46. The van der Waals surface area contributed by atoms with E-state index in [0.717, 1.165) is 0 Å². The summed E-state index contributed by atoms with van der Waals surface area (Å²) in [4.78, 5) is 11.5. The van der Waals surface area contributed by atoms with E-state index in [2.05, 4.69) is 0 Å². The van der Waals surface area contributed by atoms with Crippen molar-refractivity contribution in [1.29, 1.82) is 0 Å². The second kappa shape index (κ2) is 5.80. The topological polar surface area (TPSA) is 66.8 Å². The lowest BCUT2D eigenvalue weighted by atomic mass is 10.1. The third kappa shape index (κ3) is 3.42. The molecule has 0 spiro atoms. The van der Waals surface area contributed by atoms with Crippen molar-refractivity contribution in [3.63, 3.8) is 0 Å². The van der Waals surface area contributed by atoms with E-state index in [9.17, 15) is 15.0 Å². The Kier molecular flexibility index (Phi) is 4.12. The molecule has 18 heavy (non-hydrogen) atoms. The summed E-state index contributed by atoms with van der Waals surface area (Å²) in [6.45, 7) is 0. The quantitative estimate of drug-likeness (QED) is 0.480. The number of ether oxygens (including phenoxy) is 1. The van der Waals surface area contributed by atoms with Crippen LogP contribution >= 0.6 is 0 Å². The van der Waals surface area contributed by atoms with Crippen molar-refractivity contribution in [1.82, 2.24) is 0 Å². The molecule has 0 aliphatic heterocycles. The maximum absolute atomic E-state index is 11.5. The highest BCUT2D eigenvalue weighted by molar-refractivity contribution is 5.84. The zero-order valence-corrected chi connectivity index (χ0v) is 9.90. The molecule has 1 fully saturated rings. The molecule has 1 saturated carbocycles. The van der Waals surface area contributed by atoms with Gasteiger partial charge in [-0.1, -0.05) is 24.3 Å². The van der Waals surface area contributed by atoms with Crippen LogP contribution in [0.2, 0.25) is 0 Å². The van der Waals surface area contributed by atoms with Crippen LogP contribution in [-0.4, -0.2) is 28.4 Å². The molecule has 1 aromatic rings. The molecule has 96 valence electrons. The fourth-order valence-corrected chi connectivity index (χ4v) is 2.04. The number of esters is 1. The van der Waals surface area contributed by atoms with Crippen LogP contribution in [0.1, 0.15) is 12.8 Å². The Bertz CT molecular complexity index is 417. The van der Waals surface area contributed by atoms with Gasteiger partial charge in [0.2, 0.25) is 0 Å². The van der Waals surface area contributed by atoms with Crippen LogP contribution in [-0.2, 0) is 4.79 Å². The van der Waals surface area contributed by atoms with Crippen molar-refractivity contribution < 1.29 is 19.7 Å². The normalized spacial score (nSPS) is 27.6. The van der Waals surface area contributed by atoms with Crippen LogP contribution in [0.5, 0.6) is 5.75 Å². The molecule has 2 N–H and O–H groups in total. The maximum atomic E-state index is 11.5. The first-order valence-electron chi connectivity index (χ1n) is 5.96. The fourth-order valence-electron chi connectivity index (χ4n) is 2.04. The third-order valence-electron chi connectivity index (χ3n) is 3.00. The minimum Gasteiger partial charge on any atom is -0.423 e. The molecule has 0 aromatic heterocycles. The highest BCUT2D eigenvalue weighted by atomic mass is 16.5. The predicted molar refractivity (Wildman–Crippen MR) is 66.0 cm³/mol. The maximum Gasteiger partial charge on any atom is 0.335 e. The predicted octanol–water partition coefficient (Wildman–Crippen LogP) is 1.28. The molecule has 0 amide bonds. The van der Waals surface area contributed by atoms with Crippen LogP contribution < -0.4 is 4.74 Å². The minimum atomic E-state index is -0.690. The summed E-state index contributed by atoms with van der Waals surface area (Å²) >= 11 is 0. The van der Waals surface area contributed by atoms with Crippen LogP contribution in [0.15, 0.2) is 42.5 Å². The molecule has 1 unspecified atom stereocenters. The Hall–Kier alpha value is -1.65. The lowest BCUT2D eigenvalue weighted by molar-refractivity contribution is -0.129. The van der Waals surface area contributed by atoms with Crippen LogP contribution in [0.3, 0.4) is 0 Å². The van der Waals surface area contributed by atoms with E-state index in [1.165, 1.54) is 6.08 Å². The third-order valence-corrected chi connectivity index (χ3v) is 3.00. The SMILES string of the molecule is O=C(/C=C/C1C[C@@H](O)[C@@H](O)C1)Oc1ccccc1. The molecule has 0 radical (unpaired) electrons. The molecular weight excluding hydrogens is 232 g/mol. The molecule has 1 aromatic carbocycles. The summed E-state index contributed by atoms with van der Waals surface area (Å²) < 4.78 is 5.08. The van der Waals surface area contributed by atoms with E-state index < -0.39 is 18.2 Å². The molecule has 2 rings (SSSR count). The van der Waals surface area contributed by atoms with Gasteiger partial charge in [-0.15, -0.1) is 0 Å². The summed E-state index contributed by atoms with van der Waals surface area (Å²) in [7, 11) is 0. The summed E-state index contributed by atoms with van der Waals surface area (Å²) in [5, 5.41) is 18.7. The van der Waals surface area contributed by atoms with Gasteiger partial charge in [-0.2, -0.15) is 0 Å². The van der Waals surface area contributed by atoms with Crippen molar-refractivity contribution in [2.75, 3.05) is 0 Å². The van der Waals surface area contributed by atoms with Crippen molar-refractivity contribution in [3.05, 3.63) is 42.5 Å². The molecule has 4 heteroatoms. The largest absolute Gasteiger partial charge is 0.423 e. The number of para-hydroxylation sites is 1. The van der Waals surface area contributed by atoms with Gasteiger partial charge in [-0.3, -0.25) is 0 Å². The minimum absolute atomic E-state index is 0.0262. The Morgan fingerprint density at radius 1 is 1.17 bits per heavy atom. The van der Waals surface area contributed by atoms with Crippen LogP contribution in [0.4, 0.5) is 0 Å². The van der Waals surface area contributed by atoms with Gasteiger partial charge in [0.15, 0.2) is 0 Å². The number of benzene rings is 1. The Morgan fingerprint density at radius 2 is 1.78 bits per heavy atom. The van der Waals surface area contributed by atoms with Gasteiger partial charge >= 0.3 is 5.97 Å². The molecule has 4 nitrogen and oxygen atoms in total. The number of rotatable bonds is 3. The molecule has 1 aliphatic rings. The van der Waals surface area contributed by atoms with Crippen molar-refractivity contribution >= 4 is 5.97 Å². The van der Waals surface area contributed by atoms with Gasteiger partial charge in [-0.05, 0) is 30.9 Å². The standard InChI is InChI=1S/C14H16O4/c15-12-8-10(9-13(12)16)6-7-14(17)18-11-4-2-1-3-5-11/h1-7,10,12-13,15-16H,8-9H2/b7-6+/t10?,12-,13+. The monoisotopic (exact) mass is 248 g/mol. The van der Waals surface area contributed by atoms with Gasteiger partial charge in [0, 0.05) is 6.08 Å². The summed E-state index contributed by atoms with van der Waals surface area (Å²) in [5.74, 6) is 0.0778. The van der Waals surface area contributed by atoms with E-state index in [1.54, 1.807) is 30.3 Å². The Balaban J connectivity index is 1.85. The molecule has 1 aliphatic carbocycles. The highest BCUT2D eigenvalue weighted by Gasteiger charge is 2.29. The van der Waals surface area contributed by atoms with E-state index in [-0.39, 0.29) is 5.92 Å². The van der Waals surface area contributed by atoms with E-state index >= 15 is 0 Å². The zero-order chi connectivity index (χ0) is 13.0. The van der Waals surface area contributed by atoms with Gasteiger partial charge < -0.3 is 14.9 Å². The average Bonchev–Trinajstić information content (AvgIpc) is 2.68. The number of carbonyl (C=O) groups excluding carboxylic acids is 1. The van der Waals surface area contributed by atoms with Crippen molar-refractivity contribution in [2.45, 2.75) is 25.0 Å². The van der Waals surface area contributed by atoms with E-state index in [1.807, 2.05) is 6.07 Å². The summed E-state index contributed by atoms with van der Waals surface area (Å²) in [6, 6.07) is 8.82. The number of hydrogen-bond acceptors (Lipinski definition) is 4. The van der Waals surface area contributed by atoms with Gasteiger partial charge in [0.25, 0.3) is 0 Å². The second-order valence-electron chi connectivity index (χ2n) is 4.46. The molecule has 0 heterocycles. The first-order valence-corrected chi connectivity index (χ1v) is 5.96. The fraction of sp³-hybridized carbons (Fsp3) is 0.357. The lowest BCUT2D eigenvalue weighted by Crippen LogP contribution is -2.17. The highest BCUT2D eigenvalue weighted by Crippen LogP contribution is 2.26. The van der Waals surface area contributed by atoms with Crippen LogP contribution in [0, 0.1) is 5.92 Å². The number of carbonyl (C=O) groups is 1. The van der Waals surface area contributed by atoms with Crippen LogP contribution in [0.25, 0.3) is 0 Å². The first-order chi connectivity index (χ1) is 8.65. The van der Waals surface area contributed by atoms with E-state index in [4.69, 9.17) is 4.74 Å². The smallest absolute Gasteiger partial charge is 0.335 e. The van der Waals surface area contributed by atoms with Gasteiger partial charge in [-0.25, -0.2) is 4.79 Å². The molecule has 0 bridgehead atoms. The first kappa shape index (κ1) is 12.8. The van der Waals surface area contributed by atoms with Gasteiger partial charge in [0.05, 0.1) is 12.2 Å². The molecular formula is C14H16O4. The summed E-state index contributed by atoms with van der Waals surface area (Å²) in [6.07, 6.45) is 2.62. The van der Waals surface area contributed by atoms with Gasteiger partial charge in [0.1, 0.15) is 5.75 Å². The molecule has 0 saturated heterocycles. The van der Waals surface area contributed by atoms with E-state index in [0.29, 0.717) is 18.6 Å². The number of hydrogen-bond donors (Lipinski definition) is 2. The van der Waals surface area contributed by atoms with Crippen molar-refractivity contribution in [3.8, 4) is 5.75 Å². The zero-order valence-electron chi connectivity index (χ0n) is 9.90. The summed E-state index contributed by atoms with van der Waals surface area (Å²) in [5.41, 5.74) is 0. The number of aliphatic hydroxyl groups is 2. The molecule has 3 atom stereocenters. The van der Waals surface area contributed by atoms with Crippen molar-refractivity contribution in [2.24, 2.45) is 5.92 Å².